The average molecular weight is 459 g/mol. The van der Waals surface area contributed by atoms with E-state index in [0.29, 0.717) is 24.4 Å². The van der Waals surface area contributed by atoms with Crippen molar-refractivity contribution in [3.63, 3.8) is 0 Å². The van der Waals surface area contributed by atoms with Gasteiger partial charge in [0.25, 0.3) is 0 Å². The molecule has 3 rings (SSSR count). The first-order valence-corrected chi connectivity index (χ1v) is 11.6. The number of benzene rings is 2. The number of halogens is 3. The molecule has 0 bridgehead atoms. The van der Waals surface area contributed by atoms with Crippen molar-refractivity contribution in [2.45, 2.75) is 25.1 Å². The van der Waals surface area contributed by atoms with E-state index in [-0.39, 0.29) is 35.5 Å². The van der Waals surface area contributed by atoms with Crippen molar-refractivity contribution in [3.8, 4) is 0 Å². The van der Waals surface area contributed by atoms with E-state index in [1.165, 1.54) is 22.5 Å². The minimum atomic E-state index is -3.73. The van der Waals surface area contributed by atoms with Gasteiger partial charge < -0.3 is 5.32 Å². The van der Waals surface area contributed by atoms with Crippen LogP contribution in [-0.2, 0) is 27.1 Å². The first-order valence-electron chi connectivity index (χ1n) is 9.20. The van der Waals surface area contributed by atoms with Gasteiger partial charge in [-0.1, -0.05) is 47.5 Å². The molecule has 0 unspecified atom stereocenters. The Morgan fingerprint density at radius 1 is 1.07 bits per heavy atom. The summed E-state index contributed by atoms with van der Waals surface area (Å²) in [6, 6.07) is 11.3. The number of amides is 1. The summed E-state index contributed by atoms with van der Waals surface area (Å²) in [5, 5.41) is 3.53. The topological polar surface area (TPSA) is 66.5 Å². The van der Waals surface area contributed by atoms with Crippen LogP contribution in [0, 0.1) is 11.7 Å². The number of nitrogens with one attached hydrogen (secondary N) is 1. The van der Waals surface area contributed by atoms with Gasteiger partial charge >= 0.3 is 0 Å². The number of carbonyl (C=O) groups is 1. The molecular weight excluding hydrogens is 438 g/mol. The third-order valence-electron chi connectivity index (χ3n) is 5.02. The monoisotopic (exact) mass is 458 g/mol. The van der Waals surface area contributed by atoms with E-state index in [1.807, 2.05) is 18.2 Å². The molecule has 1 fully saturated rings. The molecule has 0 aromatic heterocycles. The Morgan fingerprint density at radius 2 is 1.72 bits per heavy atom. The molecular formula is C20H21Cl2FN2O3S. The van der Waals surface area contributed by atoms with Gasteiger partial charge in [-0.25, -0.2) is 17.1 Å². The molecule has 156 valence electrons. The molecule has 1 aliphatic heterocycles. The molecule has 1 saturated heterocycles. The van der Waals surface area contributed by atoms with E-state index in [1.54, 1.807) is 6.07 Å². The molecule has 0 spiro atoms. The van der Waals surface area contributed by atoms with E-state index < -0.39 is 21.6 Å². The molecule has 1 heterocycles. The first-order chi connectivity index (χ1) is 13.8. The molecule has 2 aromatic carbocycles. The van der Waals surface area contributed by atoms with E-state index >= 15 is 0 Å². The average Bonchev–Trinajstić information content (AvgIpc) is 2.70. The van der Waals surface area contributed by atoms with Gasteiger partial charge in [0.2, 0.25) is 15.9 Å². The zero-order valence-corrected chi connectivity index (χ0v) is 17.9. The van der Waals surface area contributed by atoms with Crippen LogP contribution in [-0.4, -0.2) is 31.7 Å². The summed E-state index contributed by atoms with van der Waals surface area (Å²) >= 11 is 12.0. The van der Waals surface area contributed by atoms with Crippen LogP contribution in [0.1, 0.15) is 24.0 Å². The Kier molecular flexibility index (Phi) is 7.16. The van der Waals surface area contributed by atoms with Gasteiger partial charge in [-0.15, -0.1) is 0 Å². The molecule has 1 N–H and O–H groups in total. The van der Waals surface area contributed by atoms with E-state index in [9.17, 15) is 17.6 Å². The molecule has 1 aliphatic rings. The summed E-state index contributed by atoms with van der Waals surface area (Å²) in [5.74, 6) is -1.54. The Bertz CT molecular complexity index is 973. The maximum Gasteiger partial charge on any atom is 0.223 e. The molecule has 9 heteroatoms. The third-order valence-corrected chi connectivity index (χ3v) is 7.55. The van der Waals surface area contributed by atoms with Gasteiger partial charge in [0, 0.05) is 41.2 Å². The third kappa shape index (κ3) is 5.48. The van der Waals surface area contributed by atoms with Gasteiger partial charge in [-0.2, -0.15) is 0 Å². The largest absolute Gasteiger partial charge is 0.352 e. The summed E-state index contributed by atoms with van der Waals surface area (Å²) in [4.78, 5) is 12.4. The lowest BCUT2D eigenvalue weighted by Gasteiger charge is -2.30. The first kappa shape index (κ1) is 22.0. The second-order valence-electron chi connectivity index (χ2n) is 6.94. The Hall–Kier alpha value is -1.67. The number of sulfonamides is 1. The number of nitrogens with zero attached hydrogens (tertiary/aromatic N) is 1. The van der Waals surface area contributed by atoms with Crippen LogP contribution in [0.25, 0.3) is 0 Å². The number of piperidine rings is 1. The summed E-state index contributed by atoms with van der Waals surface area (Å²) < 4.78 is 40.6. The van der Waals surface area contributed by atoms with Gasteiger partial charge in [0.1, 0.15) is 5.82 Å². The normalized spacial score (nSPS) is 16.0. The Labute approximate surface area is 179 Å². The van der Waals surface area contributed by atoms with Crippen LogP contribution in [0.4, 0.5) is 4.39 Å². The highest BCUT2D eigenvalue weighted by molar-refractivity contribution is 7.88. The highest BCUT2D eigenvalue weighted by Crippen LogP contribution is 2.26. The second kappa shape index (κ2) is 9.43. The van der Waals surface area contributed by atoms with Crippen molar-refractivity contribution >= 4 is 39.1 Å². The molecule has 1 amide bonds. The number of hydrogen-bond donors (Lipinski definition) is 1. The lowest BCUT2D eigenvalue weighted by atomic mass is 9.97. The molecule has 0 aliphatic carbocycles. The Balaban J connectivity index is 1.55. The van der Waals surface area contributed by atoms with Crippen LogP contribution in [0.2, 0.25) is 10.0 Å². The number of carbonyl (C=O) groups excluding carboxylic acids is 1. The lowest BCUT2D eigenvalue weighted by Crippen LogP contribution is -2.43. The molecule has 0 radical (unpaired) electrons. The molecule has 5 nitrogen and oxygen atoms in total. The standard InChI is InChI=1S/C20H21Cl2FN2O3S/c21-17-5-2-1-4-15(17)12-24-20(26)14-8-10-25(11-9-14)29(27,28)13-16-18(22)6-3-7-19(16)23/h1-7,14H,8-13H2,(H,24,26). The van der Waals surface area contributed by atoms with Gasteiger partial charge in [0.05, 0.1) is 5.75 Å². The maximum absolute atomic E-state index is 13.9. The summed E-state index contributed by atoms with van der Waals surface area (Å²) in [6.07, 6.45) is 0.803. The van der Waals surface area contributed by atoms with Gasteiger partial charge in [0.15, 0.2) is 0 Å². The minimum Gasteiger partial charge on any atom is -0.352 e. The predicted octanol–water partition coefficient (Wildman–Crippen LogP) is 3.99. The van der Waals surface area contributed by atoms with Crippen molar-refractivity contribution in [3.05, 3.63) is 69.5 Å². The minimum absolute atomic E-state index is 0.0335. The lowest BCUT2D eigenvalue weighted by molar-refractivity contribution is -0.126. The van der Waals surface area contributed by atoms with Crippen molar-refractivity contribution in [2.75, 3.05) is 13.1 Å². The van der Waals surface area contributed by atoms with Crippen LogP contribution >= 0.6 is 23.2 Å². The van der Waals surface area contributed by atoms with E-state index in [4.69, 9.17) is 23.2 Å². The summed E-state index contributed by atoms with van der Waals surface area (Å²) in [5.41, 5.74) is 0.790. The highest BCUT2D eigenvalue weighted by atomic mass is 35.5. The predicted molar refractivity (Wildman–Crippen MR) is 112 cm³/mol. The Morgan fingerprint density at radius 3 is 2.38 bits per heavy atom. The maximum atomic E-state index is 13.9. The molecule has 2 aromatic rings. The quantitative estimate of drug-likeness (QED) is 0.711. The zero-order chi connectivity index (χ0) is 21.0. The summed E-state index contributed by atoms with van der Waals surface area (Å²) in [7, 11) is -3.73. The molecule has 0 atom stereocenters. The van der Waals surface area contributed by atoms with Crippen molar-refractivity contribution in [1.29, 1.82) is 0 Å². The number of hydrogen-bond acceptors (Lipinski definition) is 3. The summed E-state index contributed by atoms with van der Waals surface area (Å²) in [6.45, 7) is 0.736. The van der Waals surface area contributed by atoms with Crippen molar-refractivity contribution in [2.24, 2.45) is 5.92 Å². The van der Waals surface area contributed by atoms with E-state index in [0.717, 1.165) is 5.56 Å². The van der Waals surface area contributed by atoms with Gasteiger partial charge in [-0.3, -0.25) is 4.79 Å². The smallest absolute Gasteiger partial charge is 0.223 e. The van der Waals surface area contributed by atoms with Crippen LogP contribution < -0.4 is 5.32 Å². The van der Waals surface area contributed by atoms with Crippen molar-refractivity contribution in [1.82, 2.24) is 9.62 Å². The zero-order valence-electron chi connectivity index (χ0n) is 15.6. The fourth-order valence-electron chi connectivity index (χ4n) is 3.31. The second-order valence-corrected chi connectivity index (χ2v) is 9.72. The number of rotatable bonds is 6. The SMILES string of the molecule is O=C(NCc1ccccc1Cl)C1CCN(S(=O)(=O)Cc2c(F)cccc2Cl)CC1. The fourth-order valence-corrected chi connectivity index (χ4v) is 5.43. The van der Waals surface area contributed by atoms with Crippen LogP contribution in [0.5, 0.6) is 0 Å². The van der Waals surface area contributed by atoms with E-state index in [2.05, 4.69) is 5.32 Å². The van der Waals surface area contributed by atoms with Crippen molar-refractivity contribution < 1.29 is 17.6 Å². The molecule has 29 heavy (non-hydrogen) atoms. The highest BCUT2D eigenvalue weighted by Gasteiger charge is 2.32. The van der Waals surface area contributed by atoms with Gasteiger partial charge in [-0.05, 0) is 36.6 Å². The molecule has 0 saturated carbocycles. The fraction of sp³-hybridized carbons (Fsp3) is 0.350. The van der Waals surface area contributed by atoms with Crippen LogP contribution in [0.3, 0.4) is 0 Å². The van der Waals surface area contributed by atoms with Crippen LogP contribution in [0.15, 0.2) is 42.5 Å².